The lowest BCUT2D eigenvalue weighted by Crippen LogP contribution is -2.31. The molecule has 0 aliphatic carbocycles. The third kappa shape index (κ3) is 3.92. The summed E-state index contributed by atoms with van der Waals surface area (Å²) in [5, 5.41) is 0. The highest BCUT2D eigenvalue weighted by molar-refractivity contribution is 7.29. The van der Waals surface area contributed by atoms with Crippen LogP contribution in [-0.4, -0.2) is 35.7 Å². The first kappa shape index (κ1) is 28.8. The number of fused-ring (bicyclic) bond motifs is 3. The zero-order chi connectivity index (χ0) is 29.8. The van der Waals surface area contributed by atoms with Gasteiger partial charge in [0.15, 0.2) is 0 Å². The number of likely N-dealkylation sites (N-methyl/N-ethyl adjacent to an activating group) is 2. The Labute approximate surface area is 258 Å². The number of carbonyl (C=O) groups is 2. The van der Waals surface area contributed by atoms with Gasteiger partial charge in [-0.05, 0) is 63.3 Å². The van der Waals surface area contributed by atoms with Crippen LogP contribution in [0.2, 0.25) is 0 Å². The van der Waals surface area contributed by atoms with E-state index in [1.807, 2.05) is 11.3 Å². The molecule has 0 radical (unpaired) electrons. The molecule has 6 heterocycles. The number of thiophene rings is 4. The molecule has 0 bridgehead atoms. The van der Waals surface area contributed by atoms with Gasteiger partial charge >= 0.3 is 0 Å². The predicted octanol–water partition coefficient (Wildman–Crippen LogP) is 8.58. The molecule has 2 amide bonds. The highest BCUT2D eigenvalue weighted by Gasteiger charge is 2.47. The Balaban J connectivity index is 1.49. The second-order valence-corrected chi connectivity index (χ2v) is 16.1. The lowest BCUT2D eigenvalue weighted by molar-refractivity contribution is -0.123. The van der Waals surface area contributed by atoms with E-state index in [1.54, 1.807) is 57.9 Å². The molecule has 2 aliphatic rings. The smallest absolute Gasteiger partial charge is 0.261 e. The molecular weight excluding hydrogens is 587 g/mol. The van der Waals surface area contributed by atoms with E-state index >= 15 is 0 Å². The predicted molar refractivity (Wildman–Crippen MR) is 178 cm³/mol. The van der Waals surface area contributed by atoms with Crippen LogP contribution >= 0.6 is 45.3 Å². The number of rotatable bonds is 7. The van der Waals surface area contributed by atoms with Gasteiger partial charge in [0.25, 0.3) is 11.8 Å². The average Bonchev–Trinajstić information content (AvgIpc) is 3.76. The second-order valence-electron chi connectivity index (χ2n) is 11.9. The van der Waals surface area contributed by atoms with E-state index in [-0.39, 0.29) is 22.8 Å². The van der Waals surface area contributed by atoms with E-state index in [1.165, 1.54) is 35.0 Å². The van der Waals surface area contributed by atoms with E-state index in [0.717, 1.165) is 45.1 Å². The average molecular weight is 624 g/mol. The van der Waals surface area contributed by atoms with Crippen LogP contribution in [0.1, 0.15) is 84.5 Å². The zero-order valence-corrected chi connectivity index (χ0v) is 28.5. The molecule has 41 heavy (non-hydrogen) atoms. The molecule has 6 rings (SSSR count). The van der Waals surface area contributed by atoms with Crippen LogP contribution < -0.4 is 5.73 Å². The van der Waals surface area contributed by atoms with Gasteiger partial charge in [-0.2, -0.15) is 0 Å². The molecule has 1 unspecified atom stereocenters. The quantitative estimate of drug-likeness (QED) is 0.224. The largest absolute Gasteiger partial charge is 0.321 e. The van der Waals surface area contributed by atoms with E-state index in [9.17, 15) is 9.59 Å². The van der Waals surface area contributed by atoms with Gasteiger partial charge in [-0.1, -0.05) is 27.7 Å². The Kier molecular flexibility index (Phi) is 6.75. The number of amides is 2. The van der Waals surface area contributed by atoms with E-state index in [4.69, 9.17) is 5.73 Å². The van der Waals surface area contributed by atoms with Gasteiger partial charge < -0.3 is 15.5 Å². The first-order chi connectivity index (χ1) is 19.3. The molecule has 0 saturated heterocycles. The van der Waals surface area contributed by atoms with Crippen molar-refractivity contribution in [2.24, 2.45) is 5.73 Å². The first-order valence-corrected chi connectivity index (χ1v) is 17.5. The van der Waals surface area contributed by atoms with E-state index in [2.05, 4.69) is 60.6 Å². The maximum atomic E-state index is 13.8. The summed E-state index contributed by atoms with van der Waals surface area (Å²) < 4.78 is 4.84. The van der Waals surface area contributed by atoms with E-state index < -0.39 is 0 Å². The SMILES string of the molecule is CCC(C)(N)c1sc2cc(C3=C4C(=O)N(C)C(c5cc6sc(C(C)(CC)CC)c(C)c6s5)=C4C(=O)N3C)sc2c1C. The van der Waals surface area contributed by atoms with Crippen molar-refractivity contribution < 1.29 is 9.59 Å². The van der Waals surface area contributed by atoms with Gasteiger partial charge in [0.05, 0.1) is 32.3 Å². The zero-order valence-electron chi connectivity index (χ0n) is 25.2. The maximum absolute atomic E-state index is 13.8. The summed E-state index contributed by atoms with van der Waals surface area (Å²) in [5.74, 6) is -0.229. The highest BCUT2D eigenvalue weighted by atomic mass is 32.1. The van der Waals surface area contributed by atoms with Crippen molar-refractivity contribution in [1.82, 2.24) is 9.80 Å². The number of hydrogen-bond donors (Lipinski definition) is 1. The van der Waals surface area contributed by atoms with Crippen LogP contribution in [0.4, 0.5) is 0 Å². The van der Waals surface area contributed by atoms with Crippen molar-refractivity contribution in [3.05, 3.63) is 53.9 Å². The molecule has 216 valence electrons. The van der Waals surface area contributed by atoms with Gasteiger partial charge in [0, 0.05) is 53.6 Å². The molecule has 1 atom stereocenters. The van der Waals surface area contributed by atoms with E-state index in [0.29, 0.717) is 11.1 Å². The number of nitrogens with zero attached hydrogens (tertiary/aromatic N) is 2. The first-order valence-electron chi connectivity index (χ1n) is 14.2. The minimum absolute atomic E-state index is 0.115. The van der Waals surface area contributed by atoms with Crippen molar-refractivity contribution >= 4 is 87.4 Å². The lowest BCUT2D eigenvalue weighted by atomic mass is 9.82. The molecule has 4 aromatic rings. The normalized spacial score (nSPS) is 17.8. The molecule has 0 fully saturated rings. The molecule has 4 aromatic heterocycles. The highest BCUT2D eigenvalue weighted by Crippen LogP contribution is 2.52. The summed E-state index contributed by atoms with van der Waals surface area (Å²) in [4.78, 5) is 35.6. The molecule has 0 saturated carbocycles. The maximum Gasteiger partial charge on any atom is 0.261 e. The summed E-state index contributed by atoms with van der Waals surface area (Å²) >= 11 is 6.95. The van der Waals surface area contributed by atoms with Crippen LogP contribution in [0, 0.1) is 13.8 Å². The van der Waals surface area contributed by atoms with Crippen LogP contribution in [0.15, 0.2) is 23.3 Å². The Morgan fingerprint density at radius 1 is 0.707 bits per heavy atom. The van der Waals surface area contributed by atoms with Gasteiger partial charge in [-0.25, -0.2) is 0 Å². The monoisotopic (exact) mass is 623 g/mol. The number of carbonyl (C=O) groups excluding carboxylic acids is 2. The molecule has 2 aliphatic heterocycles. The van der Waals surface area contributed by atoms with Crippen LogP contribution in [-0.2, 0) is 20.5 Å². The minimum Gasteiger partial charge on any atom is -0.321 e. The van der Waals surface area contributed by atoms with Crippen molar-refractivity contribution in [3.8, 4) is 0 Å². The Hall–Kier alpha value is -2.30. The third-order valence-corrected chi connectivity index (χ3v) is 15.3. The number of aryl methyl sites for hydroxylation is 2. The minimum atomic E-state index is -0.371. The molecule has 0 aromatic carbocycles. The molecular formula is C32H37N3O2S4. The van der Waals surface area contributed by atoms with Crippen LogP contribution in [0.25, 0.3) is 30.2 Å². The Bertz CT molecular complexity index is 1840. The molecule has 5 nitrogen and oxygen atoms in total. The third-order valence-electron chi connectivity index (χ3n) is 9.44. The molecule has 2 N–H and O–H groups in total. The number of hydrogen-bond acceptors (Lipinski definition) is 7. The fourth-order valence-corrected chi connectivity index (χ4v) is 12.0. The summed E-state index contributed by atoms with van der Waals surface area (Å²) in [7, 11) is 3.59. The second kappa shape index (κ2) is 9.61. The Morgan fingerprint density at radius 3 is 1.51 bits per heavy atom. The van der Waals surface area contributed by atoms with Gasteiger partial charge in [-0.15, -0.1) is 45.3 Å². The van der Waals surface area contributed by atoms with Gasteiger partial charge in [0.1, 0.15) is 0 Å². The summed E-state index contributed by atoms with van der Waals surface area (Å²) in [5.41, 5.74) is 11.4. The fourth-order valence-electron chi connectivity index (χ4n) is 6.19. The van der Waals surface area contributed by atoms with Crippen LogP contribution in [0.3, 0.4) is 0 Å². The lowest BCUT2D eigenvalue weighted by Gasteiger charge is -2.26. The topological polar surface area (TPSA) is 66.6 Å². The fraction of sp³-hybridized carbons (Fsp3) is 0.438. The summed E-state index contributed by atoms with van der Waals surface area (Å²) in [6.45, 7) is 15.4. The van der Waals surface area contributed by atoms with Crippen molar-refractivity contribution in [1.29, 1.82) is 0 Å². The van der Waals surface area contributed by atoms with Crippen molar-refractivity contribution in [2.45, 2.75) is 78.7 Å². The van der Waals surface area contributed by atoms with Crippen molar-refractivity contribution in [3.63, 3.8) is 0 Å². The molecule has 0 spiro atoms. The number of nitrogens with two attached hydrogens (primary N) is 1. The van der Waals surface area contributed by atoms with Crippen LogP contribution in [0.5, 0.6) is 0 Å². The Morgan fingerprint density at radius 2 is 1.12 bits per heavy atom. The van der Waals surface area contributed by atoms with Gasteiger partial charge in [-0.3, -0.25) is 9.59 Å². The van der Waals surface area contributed by atoms with Crippen molar-refractivity contribution in [2.75, 3.05) is 14.1 Å². The standard InChI is InChI=1S/C32H37N3O2S4/c1-10-31(6,11-2)27-15(4)25-19(40-27)13-17(38-25)23-21-22(30(37)34(23)8)24(35(9)29(21)36)18-14-20-26(39-18)16(5)28(41-20)32(7,33)12-3/h13-14H,10-12,33H2,1-9H3. The molecule has 9 heteroatoms. The summed E-state index contributed by atoms with van der Waals surface area (Å²) in [6, 6.07) is 4.33. The summed E-state index contributed by atoms with van der Waals surface area (Å²) in [6.07, 6.45) is 3.05. The van der Waals surface area contributed by atoms with Gasteiger partial charge in [0.2, 0.25) is 0 Å².